The zero-order valence-electron chi connectivity index (χ0n) is 5.25. The SMILES string of the molecule is O=C1CNCC(=O)OCO1. The van der Waals surface area contributed by atoms with Crippen molar-refractivity contribution in [2.24, 2.45) is 0 Å². The highest BCUT2D eigenvalue weighted by atomic mass is 16.7. The number of carbonyl (C=O) groups excluding carboxylic acids is 2. The third-order valence-electron chi connectivity index (χ3n) is 0.979. The molecule has 0 aliphatic carbocycles. The zero-order valence-corrected chi connectivity index (χ0v) is 5.25. The Hall–Kier alpha value is -1.10. The summed E-state index contributed by atoms with van der Waals surface area (Å²) in [7, 11) is 0. The molecule has 0 bridgehead atoms. The lowest BCUT2D eigenvalue weighted by Crippen LogP contribution is -2.34. The average Bonchev–Trinajstić information content (AvgIpc) is 1.84. The van der Waals surface area contributed by atoms with Gasteiger partial charge in [-0.3, -0.25) is 14.9 Å². The van der Waals surface area contributed by atoms with Crippen molar-refractivity contribution in [3.8, 4) is 0 Å². The van der Waals surface area contributed by atoms with Gasteiger partial charge in [0.1, 0.15) is 0 Å². The molecule has 56 valence electrons. The van der Waals surface area contributed by atoms with Crippen molar-refractivity contribution < 1.29 is 19.1 Å². The first kappa shape index (κ1) is 7.01. The Kier molecular flexibility index (Phi) is 2.22. The quantitative estimate of drug-likeness (QED) is 0.426. The summed E-state index contributed by atoms with van der Waals surface area (Å²) in [6.07, 6.45) is 0. The third-order valence-corrected chi connectivity index (χ3v) is 0.979. The molecule has 5 nitrogen and oxygen atoms in total. The Morgan fingerprint density at radius 2 is 1.60 bits per heavy atom. The van der Waals surface area contributed by atoms with Gasteiger partial charge in [-0.15, -0.1) is 0 Å². The van der Waals surface area contributed by atoms with E-state index in [-0.39, 0.29) is 19.9 Å². The largest absolute Gasteiger partial charge is 0.427 e. The van der Waals surface area contributed by atoms with E-state index in [4.69, 9.17) is 0 Å². The standard InChI is InChI=1S/C5H7NO4/c7-4-1-6-2-5(8)10-3-9-4/h6H,1-3H2. The predicted molar refractivity (Wildman–Crippen MR) is 29.9 cm³/mol. The zero-order chi connectivity index (χ0) is 7.40. The highest BCUT2D eigenvalue weighted by Crippen LogP contribution is 1.85. The average molecular weight is 145 g/mol. The van der Waals surface area contributed by atoms with E-state index in [2.05, 4.69) is 14.8 Å². The molecule has 0 saturated carbocycles. The van der Waals surface area contributed by atoms with Crippen LogP contribution in [-0.4, -0.2) is 31.8 Å². The van der Waals surface area contributed by atoms with E-state index < -0.39 is 11.9 Å². The normalized spacial score (nSPS) is 20.4. The monoisotopic (exact) mass is 145 g/mol. The Morgan fingerprint density at radius 3 is 2.10 bits per heavy atom. The van der Waals surface area contributed by atoms with Crippen molar-refractivity contribution in [1.29, 1.82) is 0 Å². The summed E-state index contributed by atoms with van der Waals surface area (Å²) in [5.74, 6) is -0.819. The van der Waals surface area contributed by atoms with Crippen LogP contribution in [0.2, 0.25) is 0 Å². The van der Waals surface area contributed by atoms with Crippen molar-refractivity contribution in [2.75, 3.05) is 19.9 Å². The maximum atomic E-state index is 10.5. The maximum absolute atomic E-state index is 10.5. The number of carbonyl (C=O) groups is 2. The van der Waals surface area contributed by atoms with Gasteiger partial charge in [-0.2, -0.15) is 0 Å². The lowest BCUT2D eigenvalue weighted by Gasteiger charge is -2.10. The Morgan fingerprint density at radius 1 is 1.10 bits per heavy atom. The third kappa shape index (κ3) is 2.02. The molecule has 0 aromatic heterocycles. The summed E-state index contributed by atoms with van der Waals surface area (Å²) in [6.45, 7) is -0.135. The van der Waals surface area contributed by atoms with Crippen LogP contribution in [-0.2, 0) is 19.1 Å². The van der Waals surface area contributed by atoms with Crippen LogP contribution in [0.5, 0.6) is 0 Å². The number of cyclic esters (lactones) is 2. The van der Waals surface area contributed by atoms with Gasteiger partial charge in [-0.05, 0) is 0 Å². The molecule has 1 heterocycles. The fourth-order valence-corrected chi connectivity index (χ4v) is 0.530. The number of rotatable bonds is 0. The van der Waals surface area contributed by atoms with E-state index in [0.717, 1.165) is 0 Å². The van der Waals surface area contributed by atoms with E-state index in [9.17, 15) is 9.59 Å². The van der Waals surface area contributed by atoms with Gasteiger partial charge < -0.3 is 9.47 Å². The first-order valence-electron chi connectivity index (χ1n) is 2.81. The minimum atomic E-state index is -0.410. The molecule has 1 N–H and O–H groups in total. The molecule has 5 heteroatoms. The molecule has 0 aromatic rings. The summed E-state index contributed by atoms with van der Waals surface area (Å²) in [4.78, 5) is 20.9. The van der Waals surface area contributed by atoms with E-state index in [0.29, 0.717) is 0 Å². The first-order valence-corrected chi connectivity index (χ1v) is 2.81. The minimum absolute atomic E-state index is 0.0646. The van der Waals surface area contributed by atoms with Gasteiger partial charge in [0.25, 0.3) is 0 Å². The van der Waals surface area contributed by atoms with Crippen molar-refractivity contribution in [3.63, 3.8) is 0 Å². The molecule has 0 spiro atoms. The van der Waals surface area contributed by atoms with Crippen LogP contribution in [0.1, 0.15) is 0 Å². The number of esters is 2. The molecule has 1 rings (SSSR count). The van der Waals surface area contributed by atoms with Crippen LogP contribution in [0.25, 0.3) is 0 Å². The molecule has 10 heavy (non-hydrogen) atoms. The molecule has 0 aromatic carbocycles. The summed E-state index contributed by atoms with van der Waals surface area (Å²) < 4.78 is 8.82. The number of nitrogens with one attached hydrogen (secondary N) is 1. The van der Waals surface area contributed by atoms with Crippen LogP contribution >= 0.6 is 0 Å². The van der Waals surface area contributed by atoms with Crippen molar-refractivity contribution in [2.45, 2.75) is 0 Å². The molecular formula is C5H7NO4. The van der Waals surface area contributed by atoms with Gasteiger partial charge in [-0.1, -0.05) is 0 Å². The molecule has 0 radical (unpaired) electrons. The van der Waals surface area contributed by atoms with Crippen molar-refractivity contribution in [3.05, 3.63) is 0 Å². The van der Waals surface area contributed by atoms with Crippen LogP contribution in [0.15, 0.2) is 0 Å². The number of ether oxygens (including phenoxy) is 2. The Balaban J connectivity index is 2.34. The molecular weight excluding hydrogens is 138 g/mol. The smallest absolute Gasteiger partial charge is 0.322 e. The Labute approximate surface area is 57.3 Å². The maximum Gasteiger partial charge on any atom is 0.322 e. The van der Waals surface area contributed by atoms with Gasteiger partial charge >= 0.3 is 11.9 Å². The second-order valence-corrected chi connectivity index (χ2v) is 1.75. The molecule has 1 aliphatic rings. The van der Waals surface area contributed by atoms with Crippen molar-refractivity contribution >= 4 is 11.9 Å². The van der Waals surface area contributed by atoms with E-state index in [1.807, 2.05) is 0 Å². The van der Waals surface area contributed by atoms with Crippen LogP contribution < -0.4 is 5.32 Å². The van der Waals surface area contributed by atoms with E-state index in [1.165, 1.54) is 0 Å². The second kappa shape index (κ2) is 3.17. The number of hydrogen-bond donors (Lipinski definition) is 1. The summed E-state index contributed by atoms with van der Waals surface area (Å²) >= 11 is 0. The molecule has 0 amide bonds. The summed E-state index contributed by atoms with van der Waals surface area (Å²) in [5, 5.41) is 2.54. The second-order valence-electron chi connectivity index (χ2n) is 1.75. The molecule has 0 unspecified atom stereocenters. The molecule has 1 aliphatic heterocycles. The topological polar surface area (TPSA) is 64.6 Å². The van der Waals surface area contributed by atoms with Crippen LogP contribution in [0, 0.1) is 0 Å². The van der Waals surface area contributed by atoms with Crippen LogP contribution in [0.4, 0.5) is 0 Å². The van der Waals surface area contributed by atoms with Crippen molar-refractivity contribution in [1.82, 2.24) is 5.32 Å². The van der Waals surface area contributed by atoms with E-state index >= 15 is 0 Å². The Bertz CT molecular complexity index is 126. The van der Waals surface area contributed by atoms with E-state index in [1.54, 1.807) is 0 Å². The molecule has 0 atom stereocenters. The highest BCUT2D eigenvalue weighted by Gasteiger charge is 2.10. The predicted octanol–water partition coefficient (Wildman–Crippen LogP) is -1.37. The fourth-order valence-electron chi connectivity index (χ4n) is 0.530. The summed E-state index contributed by atoms with van der Waals surface area (Å²) in [5.41, 5.74) is 0. The van der Waals surface area contributed by atoms with Gasteiger partial charge in [0.05, 0.1) is 13.1 Å². The fraction of sp³-hybridized carbons (Fsp3) is 0.600. The minimum Gasteiger partial charge on any atom is -0.427 e. The van der Waals surface area contributed by atoms with Gasteiger partial charge in [0.2, 0.25) is 6.79 Å². The summed E-state index contributed by atoms with van der Waals surface area (Å²) in [6, 6.07) is 0. The van der Waals surface area contributed by atoms with Crippen LogP contribution in [0.3, 0.4) is 0 Å². The lowest BCUT2D eigenvalue weighted by atomic mass is 10.5. The highest BCUT2D eigenvalue weighted by molar-refractivity contribution is 5.76. The van der Waals surface area contributed by atoms with Gasteiger partial charge in [0.15, 0.2) is 0 Å². The lowest BCUT2D eigenvalue weighted by molar-refractivity contribution is -0.168. The number of hydrogen-bond acceptors (Lipinski definition) is 5. The molecule has 1 fully saturated rings. The molecule has 1 saturated heterocycles. The van der Waals surface area contributed by atoms with Gasteiger partial charge in [-0.25, -0.2) is 0 Å². The first-order chi connectivity index (χ1) is 4.79. The van der Waals surface area contributed by atoms with Gasteiger partial charge in [0, 0.05) is 0 Å².